The summed E-state index contributed by atoms with van der Waals surface area (Å²) in [5.41, 5.74) is 0. The van der Waals surface area contributed by atoms with E-state index in [1.807, 2.05) is 18.9 Å². The van der Waals surface area contributed by atoms with Gasteiger partial charge < -0.3 is 14.9 Å². The highest BCUT2D eigenvalue weighted by Crippen LogP contribution is 2.21. The van der Waals surface area contributed by atoms with Crippen molar-refractivity contribution >= 4 is 0 Å². The van der Waals surface area contributed by atoms with Gasteiger partial charge in [0.15, 0.2) is 6.29 Å². The molecule has 0 bridgehead atoms. The fraction of sp³-hybridized carbons (Fsp3) is 0.800. The van der Waals surface area contributed by atoms with Gasteiger partial charge in [0.2, 0.25) is 0 Å². The molecule has 0 aliphatic carbocycles. The zero-order valence-corrected chi connectivity index (χ0v) is 8.55. The monoisotopic (exact) mass is 199 g/mol. The molecule has 0 aromatic rings. The summed E-state index contributed by atoms with van der Waals surface area (Å²) >= 11 is 0. The second kappa shape index (κ2) is 4.76. The molecule has 2 N–H and O–H groups in total. The van der Waals surface area contributed by atoms with Crippen molar-refractivity contribution < 1.29 is 14.9 Å². The predicted molar refractivity (Wildman–Crippen MR) is 52.4 cm³/mol. The molecule has 0 aromatic heterocycles. The maximum Gasteiger partial charge on any atom is 0.182 e. The molecule has 1 aliphatic rings. The third kappa shape index (κ3) is 2.46. The zero-order valence-electron chi connectivity index (χ0n) is 8.55. The van der Waals surface area contributed by atoms with E-state index < -0.39 is 12.4 Å². The lowest BCUT2D eigenvalue weighted by Crippen LogP contribution is -2.54. The number of terminal acetylenes is 1. The van der Waals surface area contributed by atoms with Gasteiger partial charge in [0.05, 0.1) is 12.6 Å². The molecule has 4 nitrogen and oxygen atoms in total. The molecule has 4 heteroatoms. The third-order valence-corrected chi connectivity index (χ3v) is 2.54. The molecule has 0 radical (unpaired) electrons. The van der Waals surface area contributed by atoms with Gasteiger partial charge in [0.1, 0.15) is 6.10 Å². The molecule has 1 heterocycles. The van der Waals surface area contributed by atoms with Crippen LogP contribution in [0, 0.1) is 12.3 Å². The minimum atomic E-state index is -1.11. The number of rotatable bonds is 2. The first-order chi connectivity index (χ1) is 6.56. The fourth-order valence-electron chi connectivity index (χ4n) is 1.75. The standard InChI is InChI=1S/C10H17NO3/c1-4-5-11(3)8-6-7(2)14-10(13)9(8)12/h1,7-10,12-13H,5-6H2,2-3H3/t7-,8+,9-,10?/m1/s1. The lowest BCUT2D eigenvalue weighted by molar-refractivity contribution is -0.230. The van der Waals surface area contributed by atoms with Gasteiger partial charge >= 0.3 is 0 Å². The van der Waals surface area contributed by atoms with Crippen LogP contribution < -0.4 is 0 Å². The van der Waals surface area contributed by atoms with Gasteiger partial charge in [-0.3, -0.25) is 4.90 Å². The smallest absolute Gasteiger partial charge is 0.182 e. The first-order valence-corrected chi connectivity index (χ1v) is 4.71. The summed E-state index contributed by atoms with van der Waals surface area (Å²) in [5.74, 6) is 2.51. The highest BCUT2D eigenvalue weighted by atomic mass is 16.6. The Hall–Kier alpha value is -0.600. The molecule has 0 saturated carbocycles. The molecule has 0 spiro atoms. The molecular weight excluding hydrogens is 182 g/mol. The summed E-state index contributed by atoms with van der Waals surface area (Å²) in [6.07, 6.45) is 3.81. The van der Waals surface area contributed by atoms with Gasteiger partial charge in [-0.05, 0) is 20.4 Å². The van der Waals surface area contributed by atoms with E-state index in [0.29, 0.717) is 13.0 Å². The van der Waals surface area contributed by atoms with Crippen molar-refractivity contribution in [3.63, 3.8) is 0 Å². The highest BCUT2D eigenvalue weighted by Gasteiger charge is 2.36. The van der Waals surface area contributed by atoms with Crippen molar-refractivity contribution in [3.05, 3.63) is 0 Å². The van der Waals surface area contributed by atoms with Crippen LogP contribution in [0.4, 0.5) is 0 Å². The van der Waals surface area contributed by atoms with E-state index in [4.69, 9.17) is 11.2 Å². The quantitative estimate of drug-likeness (QED) is 0.584. The lowest BCUT2D eigenvalue weighted by atomic mass is 9.99. The minimum Gasteiger partial charge on any atom is -0.386 e. The summed E-state index contributed by atoms with van der Waals surface area (Å²) in [5, 5.41) is 19.1. The normalized spacial score (nSPS) is 38.3. The Kier molecular flexibility index (Phi) is 3.90. The molecule has 1 saturated heterocycles. The van der Waals surface area contributed by atoms with Gasteiger partial charge in [-0.25, -0.2) is 0 Å². The first kappa shape index (κ1) is 11.5. The molecule has 4 atom stereocenters. The van der Waals surface area contributed by atoms with Crippen LogP contribution in [-0.2, 0) is 4.74 Å². The summed E-state index contributed by atoms with van der Waals surface area (Å²) in [7, 11) is 1.83. The molecule has 0 aromatic carbocycles. The minimum absolute atomic E-state index is 0.0568. The summed E-state index contributed by atoms with van der Waals surface area (Å²) in [4.78, 5) is 1.85. The Morgan fingerprint density at radius 2 is 2.21 bits per heavy atom. The molecule has 14 heavy (non-hydrogen) atoms. The van der Waals surface area contributed by atoms with Gasteiger partial charge in [-0.2, -0.15) is 0 Å². The maximum absolute atomic E-state index is 9.67. The van der Waals surface area contributed by atoms with Crippen molar-refractivity contribution in [1.29, 1.82) is 0 Å². The number of likely N-dealkylation sites (N-methyl/N-ethyl adjacent to an activating group) is 1. The number of hydrogen-bond donors (Lipinski definition) is 2. The van der Waals surface area contributed by atoms with Gasteiger partial charge in [-0.1, -0.05) is 5.92 Å². The van der Waals surface area contributed by atoms with Gasteiger partial charge in [-0.15, -0.1) is 6.42 Å². The van der Waals surface area contributed by atoms with Crippen LogP contribution in [0.5, 0.6) is 0 Å². The fourth-order valence-corrected chi connectivity index (χ4v) is 1.75. The Balaban J connectivity index is 2.62. The largest absolute Gasteiger partial charge is 0.386 e. The van der Waals surface area contributed by atoms with Crippen molar-refractivity contribution in [3.8, 4) is 12.3 Å². The molecule has 1 rings (SSSR count). The van der Waals surface area contributed by atoms with E-state index in [9.17, 15) is 10.2 Å². The second-order valence-electron chi connectivity index (χ2n) is 3.75. The zero-order chi connectivity index (χ0) is 10.7. The number of aliphatic hydroxyl groups is 2. The molecular formula is C10H17NO3. The average molecular weight is 199 g/mol. The van der Waals surface area contributed by atoms with Crippen molar-refractivity contribution in [2.75, 3.05) is 13.6 Å². The van der Waals surface area contributed by atoms with Crippen molar-refractivity contribution in [2.24, 2.45) is 0 Å². The topological polar surface area (TPSA) is 52.9 Å². The number of nitrogens with zero attached hydrogens (tertiary/aromatic N) is 1. The van der Waals surface area contributed by atoms with Gasteiger partial charge in [0, 0.05) is 6.04 Å². The predicted octanol–water partition coefficient (Wildman–Crippen LogP) is -0.592. The van der Waals surface area contributed by atoms with E-state index in [2.05, 4.69) is 5.92 Å². The van der Waals surface area contributed by atoms with Gasteiger partial charge in [0.25, 0.3) is 0 Å². The van der Waals surface area contributed by atoms with Crippen LogP contribution in [0.15, 0.2) is 0 Å². The van der Waals surface area contributed by atoms with Crippen LogP contribution in [0.3, 0.4) is 0 Å². The van der Waals surface area contributed by atoms with E-state index in [0.717, 1.165) is 0 Å². The SMILES string of the molecule is C#CCN(C)[C@H]1C[C@@H](C)OC(O)[C@@H]1O. The molecule has 0 amide bonds. The van der Waals surface area contributed by atoms with Crippen molar-refractivity contribution in [1.82, 2.24) is 4.90 Å². The van der Waals surface area contributed by atoms with Crippen molar-refractivity contribution in [2.45, 2.75) is 37.9 Å². The Labute approximate surface area is 84.5 Å². The van der Waals surface area contributed by atoms with Crippen LogP contribution in [0.2, 0.25) is 0 Å². The number of ether oxygens (including phenoxy) is 1. The third-order valence-electron chi connectivity index (χ3n) is 2.54. The van der Waals surface area contributed by atoms with E-state index in [1.165, 1.54) is 0 Å². The average Bonchev–Trinajstić information content (AvgIpc) is 2.11. The summed E-state index contributed by atoms with van der Waals surface area (Å²) in [6.45, 7) is 2.33. The summed E-state index contributed by atoms with van der Waals surface area (Å²) in [6, 6.07) is -0.134. The van der Waals surface area contributed by atoms with Crippen LogP contribution >= 0.6 is 0 Å². The summed E-state index contributed by atoms with van der Waals surface area (Å²) < 4.78 is 5.08. The molecule has 1 fully saturated rings. The van der Waals surface area contributed by atoms with Crippen LogP contribution in [-0.4, -0.2) is 53.2 Å². The first-order valence-electron chi connectivity index (χ1n) is 4.71. The van der Waals surface area contributed by atoms with Crippen LogP contribution in [0.25, 0.3) is 0 Å². The Morgan fingerprint density at radius 1 is 1.57 bits per heavy atom. The number of hydrogen-bond acceptors (Lipinski definition) is 4. The second-order valence-corrected chi connectivity index (χ2v) is 3.75. The number of aliphatic hydroxyl groups excluding tert-OH is 2. The Morgan fingerprint density at radius 3 is 2.79 bits per heavy atom. The molecule has 80 valence electrons. The Bertz CT molecular complexity index is 226. The lowest BCUT2D eigenvalue weighted by Gasteiger charge is -2.39. The molecule has 1 aliphatic heterocycles. The maximum atomic E-state index is 9.67. The molecule has 1 unspecified atom stereocenters. The van der Waals surface area contributed by atoms with E-state index >= 15 is 0 Å². The van der Waals surface area contributed by atoms with E-state index in [-0.39, 0.29) is 12.1 Å². The van der Waals surface area contributed by atoms with Crippen LogP contribution in [0.1, 0.15) is 13.3 Å². The highest BCUT2D eigenvalue weighted by molar-refractivity contribution is 4.93. The van der Waals surface area contributed by atoms with E-state index in [1.54, 1.807) is 0 Å².